The molecule has 0 aliphatic heterocycles. The summed E-state index contributed by atoms with van der Waals surface area (Å²) in [7, 11) is 1.58. The smallest absolute Gasteiger partial charge is 0.137 e. The molecule has 1 atom stereocenters. The maximum Gasteiger partial charge on any atom is 0.137 e. The summed E-state index contributed by atoms with van der Waals surface area (Å²) in [5.41, 5.74) is 0.465. The first-order chi connectivity index (χ1) is 8.54. The topological polar surface area (TPSA) is 42.4 Å². The van der Waals surface area contributed by atoms with Crippen LogP contribution in [-0.4, -0.2) is 17.2 Å². The highest BCUT2D eigenvalue weighted by Crippen LogP contribution is 2.30. The van der Waals surface area contributed by atoms with Gasteiger partial charge >= 0.3 is 0 Å². The standard InChI is InChI=1S/C14H14INO2/c1-14(17,10-3-5-12(15)6-4-10)11-7-13(18-2)9-16-8-11/h3-9,17H,1-2H3. The molecule has 0 aliphatic rings. The van der Waals surface area contributed by atoms with Crippen molar-refractivity contribution in [3.63, 3.8) is 0 Å². The average molecular weight is 355 g/mol. The molecule has 94 valence electrons. The lowest BCUT2D eigenvalue weighted by atomic mass is 9.89. The van der Waals surface area contributed by atoms with E-state index in [-0.39, 0.29) is 0 Å². The van der Waals surface area contributed by atoms with Crippen LogP contribution in [0.1, 0.15) is 18.1 Å². The number of aliphatic hydroxyl groups is 1. The van der Waals surface area contributed by atoms with Gasteiger partial charge in [-0.05, 0) is 53.3 Å². The Kier molecular flexibility index (Phi) is 3.87. The van der Waals surface area contributed by atoms with Gasteiger partial charge in [0.2, 0.25) is 0 Å². The molecule has 0 bridgehead atoms. The van der Waals surface area contributed by atoms with Gasteiger partial charge in [0, 0.05) is 15.3 Å². The van der Waals surface area contributed by atoms with Crippen LogP contribution in [0, 0.1) is 3.57 Å². The van der Waals surface area contributed by atoms with Crippen LogP contribution in [0.5, 0.6) is 5.75 Å². The SMILES string of the molecule is COc1cncc(C(C)(O)c2ccc(I)cc2)c1. The molecule has 0 radical (unpaired) electrons. The molecule has 0 saturated heterocycles. The van der Waals surface area contributed by atoms with Gasteiger partial charge in [-0.2, -0.15) is 0 Å². The number of benzene rings is 1. The van der Waals surface area contributed by atoms with Crippen molar-refractivity contribution < 1.29 is 9.84 Å². The van der Waals surface area contributed by atoms with E-state index in [0.29, 0.717) is 11.3 Å². The molecule has 0 spiro atoms. The van der Waals surface area contributed by atoms with Gasteiger partial charge < -0.3 is 9.84 Å². The van der Waals surface area contributed by atoms with Gasteiger partial charge in [0.15, 0.2) is 0 Å². The summed E-state index contributed by atoms with van der Waals surface area (Å²) < 4.78 is 6.27. The van der Waals surface area contributed by atoms with Gasteiger partial charge in [0.1, 0.15) is 11.4 Å². The molecular formula is C14H14INO2. The van der Waals surface area contributed by atoms with Gasteiger partial charge in [0.25, 0.3) is 0 Å². The van der Waals surface area contributed by atoms with E-state index >= 15 is 0 Å². The van der Waals surface area contributed by atoms with Crippen molar-refractivity contribution in [3.05, 3.63) is 57.4 Å². The third kappa shape index (κ3) is 2.64. The quantitative estimate of drug-likeness (QED) is 0.861. The second kappa shape index (κ2) is 5.24. The third-order valence-electron chi connectivity index (χ3n) is 2.92. The number of rotatable bonds is 3. The third-order valence-corrected chi connectivity index (χ3v) is 3.64. The van der Waals surface area contributed by atoms with E-state index in [1.165, 1.54) is 0 Å². The molecule has 3 nitrogen and oxygen atoms in total. The number of ether oxygens (including phenoxy) is 1. The Hall–Kier alpha value is -1.14. The van der Waals surface area contributed by atoms with Crippen LogP contribution in [0.2, 0.25) is 0 Å². The fourth-order valence-electron chi connectivity index (χ4n) is 1.74. The van der Waals surface area contributed by atoms with E-state index in [1.54, 1.807) is 32.5 Å². The summed E-state index contributed by atoms with van der Waals surface area (Å²) >= 11 is 2.24. The highest BCUT2D eigenvalue weighted by molar-refractivity contribution is 14.1. The first-order valence-corrected chi connectivity index (χ1v) is 6.60. The molecule has 2 aromatic rings. The van der Waals surface area contributed by atoms with Crippen molar-refractivity contribution in [2.45, 2.75) is 12.5 Å². The van der Waals surface area contributed by atoms with Crippen LogP contribution < -0.4 is 4.74 Å². The zero-order chi connectivity index (χ0) is 13.2. The molecule has 1 unspecified atom stereocenters. The Bertz CT molecular complexity index is 538. The van der Waals surface area contributed by atoms with Crippen LogP contribution in [0.25, 0.3) is 0 Å². The predicted molar refractivity (Wildman–Crippen MR) is 78.6 cm³/mol. The number of nitrogens with zero attached hydrogens (tertiary/aromatic N) is 1. The molecule has 0 amide bonds. The van der Waals surface area contributed by atoms with Crippen molar-refractivity contribution in [1.29, 1.82) is 0 Å². The second-order valence-corrected chi connectivity index (χ2v) is 5.44. The molecule has 0 aliphatic carbocycles. The minimum Gasteiger partial charge on any atom is -0.495 e. The van der Waals surface area contributed by atoms with Crippen molar-refractivity contribution >= 4 is 22.6 Å². The average Bonchev–Trinajstić information content (AvgIpc) is 2.39. The summed E-state index contributed by atoms with van der Waals surface area (Å²) in [6.45, 7) is 1.76. The Balaban J connectivity index is 2.43. The van der Waals surface area contributed by atoms with Crippen molar-refractivity contribution in [2.75, 3.05) is 7.11 Å². The summed E-state index contributed by atoms with van der Waals surface area (Å²) in [4.78, 5) is 4.08. The van der Waals surface area contributed by atoms with Crippen molar-refractivity contribution in [1.82, 2.24) is 4.98 Å². The maximum atomic E-state index is 10.7. The number of hydrogen-bond donors (Lipinski definition) is 1. The fraction of sp³-hybridized carbons (Fsp3) is 0.214. The lowest BCUT2D eigenvalue weighted by Crippen LogP contribution is -2.23. The first-order valence-electron chi connectivity index (χ1n) is 5.52. The molecule has 2 rings (SSSR count). The minimum absolute atomic E-state index is 0.637. The lowest BCUT2D eigenvalue weighted by molar-refractivity contribution is 0.101. The highest BCUT2D eigenvalue weighted by Gasteiger charge is 2.26. The summed E-state index contributed by atoms with van der Waals surface area (Å²) in [5.74, 6) is 0.637. The van der Waals surface area contributed by atoms with E-state index in [2.05, 4.69) is 27.6 Å². The molecule has 0 fully saturated rings. The molecule has 1 aromatic carbocycles. The van der Waals surface area contributed by atoms with E-state index in [1.807, 2.05) is 24.3 Å². The van der Waals surface area contributed by atoms with Gasteiger partial charge in [-0.15, -0.1) is 0 Å². The molecule has 4 heteroatoms. The number of methoxy groups -OCH3 is 1. The predicted octanol–water partition coefficient (Wildman–Crippen LogP) is 2.95. The second-order valence-electron chi connectivity index (χ2n) is 4.19. The molecule has 0 saturated carbocycles. The van der Waals surface area contributed by atoms with Crippen molar-refractivity contribution in [3.8, 4) is 5.75 Å². The fourth-order valence-corrected chi connectivity index (χ4v) is 2.10. The zero-order valence-electron chi connectivity index (χ0n) is 10.2. The van der Waals surface area contributed by atoms with E-state index < -0.39 is 5.60 Å². The molecule has 1 N–H and O–H groups in total. The van der Waals surface area contributed by atoms with Crippen LogP contribution in [0.3, 0.4) is 0 Å². The normalized spacial score (nSPS) is 14.0. The molecular weight excluding hydrogens is 341 g/mol. The van der Waals surface area contributed by atoms with E-state index in [9.17, 15) is 5.11 Å². The molecule has 1 aromatic heterocycles. The Labute approximate surface area is 120 Å². The molecule has 1 heterocycles. The summed E-state index contributed by atoms with van der Waals surface area (Å²) in [5, 5.41) is 10.7. The molecule has 18 heavy (non-hydrogen) atoms. The van der Waals surface area contributed by atoms with Crippen LogP contribution in [0.15, 0.2) is 42.7 Å². The van der Waals surface area contributed by atoms with E-state index in [0.717, 1.165) is 9.13 Å². The summed E-state index contributed by atoms with van der Waals surface area (Å²) in [6.07, 6.45) is 3.27. The van der Waals surface area contributed by atoms with Gasteiger partial charge in [0.05, 0.1) is 13.3 Å². The van der Waals surface area contributed by atoms with Crippen LogP contribution >= 0.6 is 22.6 Å². The minimum atomic E-state index is -1.08. The Morgan fingerprint density at radius 1 is 1.17 bits per heavy atom. The van der Waals surface area contributed by atoms with Gasteiger partial charge in [-0.1, -0.05) is 12.1 Å². The lowest BCUT2D eigenvalue weighted by Gasteiger charge is -2.24. The van der Waals surface area contributed by atoms with E-state index in [4.69, 9.17) is 4.74 Å². The number of aromatic nitrogens is 1. The highest BCUT2D eigenvalue weighted by atomic mass is 127. The number of hydrogen-bond acceptors (Lipinski definition) is 3. The number of halogens is 1. The number of pyridine rings is 1. The Morgan fingerprint density at radius 3 is 2.44 bits per heavy atom. The van der Waals surface area contributed by atoms with Crippen LogP contribution in [0.4, 0.5) is 0 Å². The van der Waals surface area contributed by atoms with Crippen molar-refractivity contribution in [2.24, 2.45) is 0 Å². The summed E-state index contributed by atoms with van der Waals surface area (Å²) in [6, 6.07) is 9.57. The zero-order valence-corrected chi connectivity index (χ0v) is 12.4. The van der Waals surface area contributed by atoms with Crippen LogP contribution in [-0.2, 0) is 5.60 Å². The van der Waals surface area contributed by atoms with Gasteiger partial charge in [-0.3, -0.25) is 4.98 Å². The Morgan fingerprint density at radius 2 is 1.83 bits per heavy atom. The van der Waals surface area contributed by atoms with Gasteiger partial charge in [-0.25, -0.2) is 0 Å². The largest absolute Gasteiger partial charge is 0.495 e. The monoisotopic (exact) mass is 355 g/mol. The maximum absolute atomic E-state index is 10.7. The first kappa shape index (κ1) is 13.3.